The van der Waals surface area contributed by atoms with Crippen LogP contribution in [0.2, 0.25) is 0 Å². The lowest BCUT2D eigenvalue weighted by atomic mass is 10.2. The molecule has 2 aromatic heterocycles. The van der Waals surface area contributed by atoms with Gasteiger partial charge in [0.25, 0.3) is 11.5 Å². The van der Waals surface area contributed by atoms with Gasteiger partial charge in [-0.3, -0.25) is 18.9 Å². The third-order valence-electron chi connectivity index (χ3n) is 4.85. The summed E-state index contributed by atoms with van der Waals surface area (Å²) in [5, 5.41) is 3.32. The molecule has 0 spiro atoms. The fraction of sp³-hybridized carbons (Fsp3) is 0.455. The molecular formula is C22H28N4O2S2. The minimum atomic E-state index is -0.198. The van der Waals surface area contributed by atoms with Gasteiger partial charge >= 0.3 is 0 Å². The number of aryl methyl sites for hydroxylation is 1. The van der Waals surface area contributed by atoms with Crippen molar-refractivity contribution in [2.75, 3.05) is 18.4 Å². The summed E-state index contributed by atoms with van der Waals surface area (Å²) in [4.78, 5) is 33.0. The first-order valence-electron chi connectivity index (χ1n) is 10.3. The Hall–Kier alpha value is -2.19. The number of nitrogens with zero attached hydrogens (tertiary/aromatic N) is 3. The number of hydrogen-bond acceptors (Lipinski definition) is 6. The summed E-state index contributed by atoms with van der Waals surface area (Å²) in [7, 11) is 0. The molecule has 1 fully saturated rings. The van der Waals surface area contributed by atoms with E-state index in [0.29, 0.717) is 38.7 Å². The van der Waals surface area contributed by atoms with E-state index in [9.17, 15) is 9.59 Å². The molecule has 8 heteroatoms. The van der Waals surface area contributed by atoms with Crippen molar-refractivity contribution < 1.29 is 4.79 Å². The smallest absolute Gasteiger partial charge is 0.267 e. The molecule has 3 rings (SSSR count). The average molecular weight is 445 g/mol. The van der Waals surface area contributed by atoms with Crippen molar-refractivity contribution in [2.45, 2.75) is 47.0 Å². The number of thiocarbonyl (C=S) groups is 1. The van der Waals surface area contributed by atoms with Gasteiger partial charge in [0, 0.05) is 19.3 Å². The lowest BCUT2D eigenvalue weighted by Crippen LogP contribution is -2.31. The Labute approximate surface area is 186 Å². The molecule has 160 valence electrons. The lowest BCUT2D eigenvalue weighted by molar-refractivity contribution is -0.122. The van der Waals surface area contributed by atoms with Crippen molar-refractivity contribution in [2.24, 2.45) is 5.92 Å². The van der Waals surface area contributed by atoms with Crippen LogP contribution in [0.25, 0.3) is 11.7 Å². The largest absolute Gasteiger partial charge is 0.369 e. The minimum Gasteiger partial charge on any atom is -0.369 e. The number of aromatic nitrogens is 2. The van der Waals surface area contributed by atoms with Crippen LogP contribution in [0.15, 0.2) is 28.0 Å². The maximum atomic E-state index is 13.3. The predicted octanol–water partition coefficient (Wildman–Crippen LogP) is 4.46. The van der Waals surface area contributed by atoms with E-state index in [1.807, 2.05) is 32.9 Å². The van der Waals surface area contributed by atoms with Gasteiger partial charge in [0.2, 0.25) is 0 Å². The third-order valence-corrected chi connectivity index (χ3v) is 6.23. The molecule has 0 atom stereocenters. The quantitative estimate of drug-likeness (QED) is 0.368. The van der Waals surface area contributed by atoms with E-state index >= 15 is 0 Å². The molecule has 1 aliphatic heterocycles. The molecule has 0 saturated carbocycles. The molecule has 0 radical (unpaired) electrons. The second kappa shape index (κ2) is 9.75. The number of anilines is 1. The number of nitrogens with one attached hydrogen (secondary N) is 1. The Morgan fingerprint density at radius 2 is 2.07 bits per heavy atom. The summed E-state index contributed by atoms with van der Waals surface area (Å²) >= 11 is 6.64. The van der Waals surface area contributed by atoms with Crippen LogP contribution in [0, 0.1) is 12.8 Å². The van der Waals surface area contributed by atoms with Gasteiger partial charge in [0.15, 0.2) is 0 Å². The maximum absolute atomic E-state index is 13.3. The Morgan fingerprint density at radius 3 is 2.77 bits per heavy atom. The van der Waals surface area contributed by atoms with Crippen molar-refractivity contribution in [1.29, 1.82) is 0 Å². The number of rotatable bonds is 8. The van der Waals surface area contributed by atoms with Crippen molar-refractivity contribution in [3.8, 4) is 0 Å². The molecule has 2 aromatic rings. The van der Waals surface area contributed by atoms with E-state index in [1.165, 1.54) is 16.2 Å². The zero-order valence-electron chi connectivity index (χ0n) is 17.9. The molecule has 6 nitrogen and oxygen atoms in total. The van der Waals surface area contributed by atoms with Gasteiger partial charge in [-0.1, -0.05) is 63.7 Å². The van der Waals surface area contributed by atoms with Crippen molar-refractivity contribution in [3.63, 3.8) is 0 Å². The fourth-order valence-corrected chi connectivity index (χ4v) is 4.57. The second-order valence-electron chi connectivity index (χ2n) is 7.88. The van der Waals surface area contributed by atoms with Crippen molar-refractivity contribution >= 4 is 51.7 Å². The van der Waals surface area contributed by atoms with Gasteiger partial charge in [0.05, 0.1) is 10.5 Å². The highest BCUT2D eigenvalue weighted by Gasteiger charge is 2.32. The van der Waals surface area contributed by atoms with Gasteiger partial charge < -0.3 is 5.32 Å². The van der Waals surface area contributed by atoms with Crippen LogP contribution < -0.4 is 10.9 Å². The Bertz CT molecular complexity index is 1060. The van der Waals surface area contributed by atoms with Crippen LogP contribution in [0.5, 0.6) is 0 Å². The van der Waals surface area contributed by atoms with Crippen LogP contribution >= 0.6 is 24.0 Å². The first kappa shape index (κ1) is 22.5. The monoisotopic (exact) mass is 444 g/mol. The van der Waals surface area contributed by atoms with Gasteiger partial charge in [-0.15, -0.1) is 0 Å². The Morgan fingerprint density at radius 1 is 1.30 bits per heavy atom. The molecule has 3 heterocycles. The summed E-state index contributed by atoms with van der Waals surface area (Å²) < 4.78 is 2.06. The summed E-state index contributed by atoms with van der Waals surface area (Å²) in [6.45, 7) is 9.45. The van der Waals surface area contributed by atoms with Crippen LogP contribution in [0.3, 0.4) is 0 Å². The highest BCUT2D eigenvalue weighted by atomic mass is 32.2. The number of amides is 1. The van der Waals surface area contributed by atoms with Gasteiger partial charge in [0.1, 0.15) is 15.8 Å². The van der Waals surface area contributed by atoms with E-state index in [1.54, 1.807) is 17.2 Å². The van der Waals surface area contributed by atoms with E-state index < -0.39 is 0 Å². The number of carbonyl (C=O) groups excluding carboxylic acids is 1. The van der Waals surface area contributed by atoms with E-state index in [2.05, 4.69) is 12.2 Å². The number of carbonyl (C=O) groups is 1. The summed E-state index contributed by atoms with van der Waals surface area (Å²) in [6.07, 6.45) is 6.55. The van der Waals surface area contributed by atoms with E-state index in [-0.39, 0.29) is 11.5 Å². The highest BCUT2D eigenvalue weighted by Crippen LogP contribution is 2.33. The zero-order valence-corrected chi connectivity index (χ0v) is 19.5. The van der Waals surface area contributed by atoms with Crippen LogP contribution in [-0.2, 0) is 4.79 Å². The maximum Gasteiger partial charge on any atom is 0.267 e. The highest BCUT2D eigenvalue weighted by molar-refractivity contribution is 8.26. The van der Waals surface area contributed by atoms with Crippen LogP contribution in [0.1, 0.15) is 51.2 Å². The number of thioether (sulfide) groups is 1. The number of hydrogen-bond donors (Lipinski definition) is 1. The molecule has 0 unspecified atom stereocenters. The topological polar surface area (TPSA) is 66.7 Å². The fourth-order valence-electron chi connectivity index (χ4n) is 3.31. The SMILES string of the molecule is CCCCCNc1nc2c(C)cccn2c(=O)c1/C=C1/SC(=S)N(CC(C)C)C1=O. The summed E-state index contributed by atoms with van der Waals surface area (Å²) in [5.74, 6) is 0.669. The van der Waals surface area contributed by atoms with Gasteiger partial charge in [-0.2, -0.15) is 0 Å². The predicted molar refractivity (Wildman–Crippen MR) is 129 cm³/mol. The van der Waals surface area contributed by atoms with Crippen molar-refractivity contribution in [1.82, 2.24) is 14.3 Å². The van der Waals surface area contributed by atoms with E-state index in [0.717, 1.165) is 31.4 Å². The average Bonchev–Trinajstić information content (AvgIpc) is 2.95. The molecular weight excluding hydrogens is 416 g/mol. The molecule has 1 N–H and O–H groups in total. The Kier molecular flexibility index (Phi) is 7.31. The molecule has 30 heavy (non-hydrogen) atoms. The number of fused-ring (bicyclic) bond motifs is 1. The normalized spacial score (nSPS) is 15.8. The van der Waals surface area contributed by atoms with Crippen LogP contribution in [0.4, 0.5) is 5.82 Å². The molecule has 0 aliphatic carbocycles. The molecule has 1 saturated heterocycles. The van der Waals surface area contributed by atoms with Crippen molar-refractivity contribution in [3.05, 3.63) is 44.7 Å². The summed E-state index contributed by atoms with van der Waals surface area (Å²) in [5.41, 5.74) is 1.72. The number of pyridine rings is 1. The standard InChI is InChI=1S/C22H28N4O2S2/c1-5-6-7-10-23-18-16(20(27)25-11-8-9-15(4)19(25)24-18)12-17-21(28)26(13-14(2)3)22(29)30-17/h8-9,11-12,14,23H,5-7,10,13H2,1-4H3/b17-12+. The second-order valence-corrected chi connectivity index (χ2v) is 9.56. The third kappa shape index (κ3) is 4.75. The van der Waals surface area contributed by atoms with E-state index in [4.69, 9.17) is 17.2 Å². The van der Waals surface area contributed by atoms with Crippen LogP contribution in [-0.4, -0.2) is 37.6 Å². The molecule has 1 amide bonds. The molecule has 0 bridgehead atoms. The first-order chi connectivity index (χ1) is 14.3. The minimum absolute atomic E-state index is 0.149. The van der Waals surface area contributed by atoms with Gasteiger partial charge in [-0.05, 0) is 37.0 Å². The lowest BCUT2D eigenvalue weighted by Gasteiger charge is -2.16. The molecule has 0 aromatic carbocycles. The Balaban J connectivity index is 2.06. The van der Waals surface area contributed by atoms with Gasteiger partial charge in [-0.25, -0.2) is 4.98 Å². The summed E-state index contributed by atoms with van der Waals surface area (Å²) in [6, 6.07) is 3.75. The first-order valence-corrected chi connectivity index (χ1v) is 11.6. The number of unbranched alkanes of at least 4 members (excludes halogenated alkanes) is 2. The zero-order chi connectivity index (χ0) is 21.8. The molecule has 1 aliphatic rings.